The Bertz CT molecular complexity index is 602. The summed E-state index contributed by atoms with van der Waals surface area (Å²) in [6, 6.07) is 15.9. The van der Waals surface area contributed by atoms with Crippen molar-refractivity contribution < 1.29 is 0 Å². The van der Waals surface area contributed by atoms with Gasteiger partial charge in [0.1, 0.15) is 0 Å². The summed E-state index contributed by atoms with van der Waals surface area (Å²) in [5.41, 5.74) is 1.58. The monoisotopic (exact) mass is 268 g/mol. The lowest BCUT2D eigenvalue weighted by Crippen LogP contribution is -2.62. The van der Waals surface area contributed by atoms with Crippen molar-refractivity contribution >= 4 is 16.5 Å². The van der Waals surface area contributed by atoms with Gasteiger partial charge in [-0.1, -0.05) is 43.3 Å². The van der Waals surface area contributed by atoms with Gasteiger partial charge < -0.3 is 10.2 Å². The van der Waals surface area contributed by atoms with Crippen LogP contribution in [0.4, 0.5) is 5.69 Å². The van der Waals surface area contributed by atoms with Crippen LogP contribution in [0.1, 0.15) is 27.2 Å². The van der Waals surface area contributed by atoms with E-state index in [2.05, 4.69) is 73.5 Å². The Labute approximate surface area is 121 Å². The molecule has 0 spiro atoms. The second-order valence-electron chi connectivity index (χ2n) is 6.27. The number of hydrogen-bond donors (Lipinski definition) is 1. The lowest BCUT2D eigenvalue weighted by atomic mass is 9.92. The van der Waals surface area contributed by atoms with Crippen LogP contribution in [0.2, 0.25) is 0 Å². The van der Waals surface area contributed by atoms with Crippen molar-refractivity contribution in [1.29, 1.82) is 0 Å². The smallest absolute Gasteiger partial charge is 0.0449 e. The van der Waals surface area contributed by atoms with E-state index in [0.29, 0.717) is 6.04 Å². The summed E-state index contributed by atoms with van der Waals surface area (Å²) in [5, 5.41) is 6.39. The SMILES string of the molecule is CCC1(C)CN(c2cccc3ccccc23)C(C)CN1. The summed E-state index contributed by atoms with van der Waals surface area (Å²) in [5.74, 6) is 0. The Hall–Kier alpha value is -1.54. The van der Waals surface area contributed by atoms with E-state index in [9.17, 15) is 0 Å². The quantitative estimate of drug-likeness (QED) is 0.891. The average molecular weight is 268 g/mol. The zero-order valence-electron chi connectivity index (χ0n) is 12.7. The minimum Gasteiger partial charge on any atom is -0.365 e. The van der Waals surface area contributed by atoms with Crippen LogP contribution < -0.4 is 10.2 Å². The summed E-state index contributed by atoms with van der Waals surface area (Å²) < 4.78 is 0. The Morgan fingerprint density at radius 3 is 2.75 bits per heavy atom. The van der Waals surface area contributed by atoms with Crippen LogP contribution in [-0.2, 0) is 0 Å². The van der Waals surface area contributed by atoms with Gasteiger partial charge in [0.05, 0.1) is 0 Å². The van der Waals surface area contributed by atoms with Gasteiger partial charge in [-0.05, 0) is 31.7 Å². The van der Waals surface area contributed by atoms with E-state index in [0.717, 1.165) is 19.5 Å². The van der Waals surface area contributed by atoms with Crippen LogP contribution >= 0.6 is 0 Å². The fraction of sp³-hybridized carbons (Fsp3) is 0.444. The van der Waals surface area contributed by atoms with Crippen molar-refractivity contribution in [3.05, 3.63) is 42.5 Å². The van der Waals surface area contributed by atoms with E-state index >= 15 is 0 Å². The van der Waals surface area contributed by atoms with Crippen molar-refractivity contribution in [3.63, 3.8) is 0 Å². The lowest BCUT2D eigenvalue weighted by molar-refractivity contribution is 0.286. The van der Waals surface area contributed by atoms with Crippen LogP contribution in [0, 0.1) is 0 Å². The van der Waals surface area contributed by atoms with Gasteiger partial charge in [0.25, 0.3) is 0 Å². The molecular formula is C18H24N2. The summed E-state index contributed by atoms with van der Waals surface area (Å²) in [4.78, 5) is 2.57. The average Bonchev–Trinajstić information content (AvgIpc) is 2.49. The number of hydrogen-bond acceptors (Lipinski definition) is 2. The molecule has 2 aromatic rings. The molecule has 2 heteroatoms. The molecule has 3 rings (SSSR count). The van der Waals surface area contributed by atoms with E-state index in [1.807, 2.05) is 0 Å². The van der Waals surface area contributed by atoms with Crippen molar-refractivity contribution in [2.75, 3.05) is 18.0 Å². The zero-order valence-corrected chi connectivity index (χ0v) is 12.7. The van der Waals surface area contributed by atoms with Crippen molar-refractivity contribution in [3.8, 4) is 0 Å². The predicted molar refractivity (Wildman–Crippen MR) is 87.5 cm³/mol. The van der Waals surface area contributed by atoms with E-state index in [4.69, 9.17) is 0 Å². The topological polar surface area (TPSA) is 15.3 Å². The van der Waals surface area contributed by atoms with Gasteiger partial charge in [-0.3, -0.25) is 0 Å². The summed E-state index contributed by atoms with van der Waals surface area (Å²) in [6.45, 7) is 9.03. The Kier molecular flexibility index (Phi) is 3.43. The molecule has 1 saturated heterocycles. The van der Waals surface area contributed by atoms with Crippen molar-refractivity contribution in [2.45, 2.75) is 38.8 Å². The maximum atomic E-state index is 3.70. The molecule has 0 bridgehead atoms. The van der Waals surface area contributed by atoms with Crippen LogP contribution in [0.15, 0.2) is 42.5 Å². The molecule has 1 N–H and O–H groups in total. The van der Waals surface area contributed by atoms with Gasteiger partial charge in [0.15, 0.2) is 0 Å². The molecule has 2 unspecified atom stereocenters. The highest BCUT2D eigenvalue weighted by Gasteiger charge is 2.33. The fourth-order valence-electron chi connectivity index (χ4n) is 3.11. The third-order valence-corrected chi connectivity index (χ3v) is 4.73. The Morgan fingerprint density at radius 1 is 1.20 bits per heavy atom. The van der Waals surface area contributed by atoms with Crippen LogP contribution in [0.3, 0.4) is 0 Å². The molecule has 0 amide bonds. The van der Waals surface area contributed by atoms with Crippen LogP contribution in [-0.4, -0.2) is 24.7 Å². The predicted octanol–water partition coefficient (Wildman–Crippen LogP) is 3.81. The first-order valence-electron chi connectivity index (χ1n) is 7.62. The van der Waals surface area contributed by atoms with Gasteiger partial charge in [0, 0.05) is 35.7 Å². The first-order valence-corrected chi connectivity index (χ1v) is 7.62. The highest BCUT2D eigenvalue weighted by molar-refractivity contribution is 5.94. The number of nitrogens with one attached hydrogen (secondary N) is 1. The minimum atomic E-state index is 0.212. The molecule has 1 fully saturated rings. The Balaban J connectivity index is 2.05. The molecular weight excluding hydrogens is 244 g/mol. The number of rotatable bonds is 2. The number of anilines is 1. The minimum absolute atomic E-state index is 0.212. The second kappa shape index (κ2) is 5.10. The Morgan fingerprint density at radius 2 is 1.95 bits per heavy atom. The molecule has 2 atom stereocenters. The first-order chi connectivity index (χ1) is 9.63. The molecule has 1 heterocycles. The van der Waals surface area contributed by atoms with Crippen LogP contribution in [0.5, 0.6) is 0 Å². The summed E-state index contributed by atoms with van der Waals surface area (Å²) >= 11 is 0. The fourth-order valence-corrected chi connectivity index (χ4v) is 3.11. The number of benzene rings is 2. The normalized spacial score (nSPS) is 26.9. The van der Waals surface area contributed by atoms with E-state index < -0.39 is 0 Å². The number of piperazine rings is 1. The first kappa shape index (κ1) is 13.4. The highest BCUT2D eigenvalue weighted by Crippen LogP contribution is 2.31. The number of nitrogens with zero attached hydrogens (tertiary/aromatic N) is 1. The maximum Gasteiger partial charge on any atom is 0.0449 e. The summed E-state index contributed by atoms with van der Waals surface area (Å²) in [6.07, 6.45) is 1.15. The molecule has 1 aliphatic rings. The maximum absolute atomic E-state index is 3.70. The van der Waals surface area contributed by atoms with Crippen LogP contribution in [0.25, 0.3) is 10.8 Å². The third kappa shape index (κ3) is 2.29. The molecule has 0 radical (unpaired) electrons. The van der Waals surface area contributed by atoms with Crippen molar-refractivity contribution in [2.24, 2.45) is 0 Å². The molecule has 0 saturated carbocycles. The highest BCUT2D eigenvalue weighted by atomic mass is 15.3. The van der Waals surface area contributed by atoms with Crippen molar-refractivity contribution in [1.82, 2.24) is 5.32 Å². The largest absolute Gasteiger partial charge is 0.365 e. The van der Waals surface area contributed by atoms with Gasteiger partial charge in [-0.15, -0.1) is 0 Å². The third-order valence-electron chi connectivity index (χ3n) is 4.73. The van der Waals surface area contributed by atoms with Gasteiger partial charge in [-0.25, -0.2) is 0 Å². The number of fused-ring (bicyclic) bond motifs is 1. The molecule has 0 aromatic heterocycles. The molecule has 20 heavy (non-hydrogen) atoms. The molecule has 106 valence electrons. The molecule has 0 aliphatic carbocycles. The molecule has 2 aromatic carbocycles. The van der Waals surface area contributed by atoms with Gasteiger partial charge in [-0.2, -0.15) is 0 Å². The lowest BCUT2D eigenvalue weighted by Gasteiger charge is -2.46. The van der Waals surface area contributed by atoms with E-state index in [1.165, 1.54) is 16.5 Å². The standard InChI is InChI=1S/C18H24N2/c1-4-18(3)13-20(14(2)12-19-18)17-11-7-9-15-8-5-6-10-16(15)17/h5-11,14,19H,4,12-13H2,1-3H3. The molecule has 2 nitrogen and oxygen atoms in total. The zero-order chi connectivity index (χ0) is 14.2. The second-order valence-corrected chi connectivity index (χ2v) is 6.27. The van der Waals surface area contributed by atoms with Gasteiger partial charge in [0.2, 0.25) is 0 Å². The van der Waals surface area contributed by atoms with E-state index in [1.54, 1.807) is 0 Å². The molecule has 1 aliphatic heterocycles. The van der Waals surface area contributed by atoms with E-state index in [-0.39, 0.29) is 5.54 Å². The van der Waals surface area contributed by atoms with Gasteiger partial charge >= 0.3 is 0 Å². The summed E-state index contributed by atoms with van der Waals surface area (Å²) in [7, 11) is 0.